The summed E-state index contributed by atoms with van der Waals surface area (Å²) in [5, 5.41) is 22.8. The Kier molecular flexibility index (Phi) is 6.49. The second-order valence-corrected chi connectivity index (χ2v) is 6.05. The molecule has 0 amide bonds. The molecule has 118 valence electrons. The fourth-order valence-electron chi connectivity index (χ4n) is 2.86. The van der Waals surface area contributed by atoms with Crippen LogP contribution in [0.5, 0.6) is 5.75 Å². The van der Waals surface area contributed by atoms with Crippen molar-refractivity contribution in [3.63, 3.8) is 0 Å². The molecule has 1 aliphatic carbocycles. The second kappa shape index (κ2) is 8.37. The molecule has 1 aliphatic rings. The summed E-state index contributed by atoms with van der Waals surface area (Å²) in [5.41, 5.74) is 0.839. The van der Waals surface area contributed by atoms with Crippen LogP contribution in [0.4, 0.5) is 0 Å². The summed E-state index contributed by atoms with van der Waals surface area (Å²) < 4.78 is 5.84. The number of rotatable bonds is 7. The van der Waals surface area contributed by atoms with Crippen molar-refractivity contribution in [2.75, 3.05) is 13.2 Å². The molecule has 0 aliphatic heterocycles. The van der Waals surface area contributed by atoms with Crippen molar-refractivity contribution in [3.8, 4) is 5.75 Å². The maximum Gasteiger partial charge on any atom is 0.120 e. The molecule has 0 spiro atoms. The van der Waals surface area contributed by atoms with Crippen LogP contribution in [0.15, 0.2) is 24.3 Å². The Morgan fingerprint density at radius 3 is 2.81 bits per heavy atom. The normalized spacial score (nSPS) is 23.9. The van der Waals surface area contributed by atoms with Crippen LogP contribution in [-0.2, 0) is 11.3 Å². The number of hydrogen-bond acceptors (Lipinski definition) is 4. The van der Waals surface area contributed by atoms with Crippen molar-refractivity contribution in [2.45, 2.75) is 51.4 Å². The smallest absolute Gasteiger partial charge is 0.120 e. The molecule has 3 N–H and O–H groups in total. The Balaban J connectivity index is 1.63. The first-order valence-electron chi connectivity index (χ1n) is 7.94. The molecule has 4 heteroatoms. The highest BCUT2D eigenvalue weighted by atomic mass is 16.5. The molecule has 3 unspecified atom stereocenters. The maximum absolute atomic E-state index is 9.96. The summed E-state index contributed by atoms with van der Waals surface area (Å²) in [6, 6.07) is 7.23. The minimum atomic E-state index is -0.509. The average molecular weight is 293 g/mol. The zero-order valence-electron chi connectivity index (χ0n) is 12.8. The largest absolute Gasteiger partial charge is 0.508 e. The van der Waals surface area contributed by atoms with Gasteiger partial charge in [-0.05, 0) is 24.8 Å². The Morgan fingerprint density at radius 2 is 2.05 bits per heavy atom. The predicted molar refractivity (Wildman–Crippen MR) is 83.2 cm³/mol. The van der Waals surface area contributed by atoms with Crippen LogP contribution in [0.25, 0.3) is 0 Å². The Labute approximate surface area is 127 Å². The number of phenolic OH excluding ortho intramolecular Hbond substituents is 1. The van der Waals surface area contributed by atoms with Crippen LogP contribution in [0, 0.1) is 5.92 Å². The highest BCUT2D eigenvalue weighted by Crippen LogP contribution is 2.26. The molecule has 1 aromatic carbocycles. The third-order valence-corrected chi connectivity index (χ3v) is 4.22. The zero-order chi connectivity index (χ0) is 15.1. The number of nitrogens with one attached hydrogen (secondary N) is 1. The summed E-state index contributed by atoms with van der Waals surface area (Å²) in [5.74, 6) is 0.881. The Morgan fingerprint density at radius 1 is 1.29 bits per heavy atom. The molecule has 4 nitrogen and oxygen atoms in total. The van der Waals surface area contributed by atoms with E-state index in [2.05, 4.69) is 12.2 Å². The first-order chi connectivity index (χ1) is 10.2. The van der Waals surface area contributed by atoms with E-state index in [1.54, 1.807) is 12.1 Å². The average Bonchev–Trinajstić information content (AvgIpc) is 2.48. The van der Waals surface area contributed by atoms with Gasteiger partial charge in [0.15, 0.2) is 0 Å². The van der Waals surface area contributed by atoms with E-state index in [0.717, 1.165) is 12.0 Å². The van der Waals surface area contributed by atoms with Crippen molar-refractivity contribution in [2.24, 2.45) is 5.92 Å². The third kappa shape index (κ3) is 5.30. The number of hydrogen-bond donors (Lipinski definition) is 3. The van der Waals surface area contributed by atoms with Gasteiger partial charge in [-0.2, -0.15) is 0 Å². The number of phenols is 1. The molecule has 3 atom stereocenters. The lowest BCUT2D eigenvalue weighted by molar-refractivity contribution is -0.0452. The van der Waals surface area contributed by atoms with Crippen molar-refractivity contribution in [3.05, 3.63) is 29.8 Å². The van der Waals surface area contributed by atoms with Gasteiger partial charge in [-0.15, -0.1) is 0 Å². The standard InChI is InChI=1S/C17H27NO3/c1-13-6-2-5-9-17(13)21-12-15(19)11-18-10-14-7-3-4-8-16(14)20/h3-4,7-8,13,15,17-20H,2,5-6,9-12H2,1H3. The SMILES string of the molecule is CC1CCCCC1OCC(O)CNCc1ccccc1O. The van der Waals surface area contributed by atoms with Gasteiger partial charge in [0.05, 0.1) is 18.8 Å². The number of ether oxygens (including phenoxy) is 1. The van der Waals surface area contributed by atoms with Gasteiger partial charge in [-0.1, -0.05) is 38.0 Å². The molecular formula is C17H27NO3. The van der Waals surface area contributed by atoms with Crippen LogP contribution in [-0.4, -0.2) is 35.6 Å². The third-order valence-electron chi connectivity index (χ3n) is 4.22. The molecule has 2 rings (SSSR count). The number of aromatic hydroxyl groups is 1. The van der Waals surface area contributed by atoms with Crippen molar-refractivity contribution < 1.29 is 14.9 Å². The topological polar surface area (TPSA) is 61.7 Å². The van der Waals surface area contributed by atoms with Crippen molar-refractivity contribution in [1.82, 2.24) is 5.32 Å². The molecule has 0 heterocycles. The minimum absolute atomic E-state index is 0.284. The minimum Gasteiger partial charge on any atom is -0.508 e. The summed E-state index contributed by atoms with van der Waals surface area (Å²) in [7, 11) is 0. The van der Waals surface area contributed by atoms with E-state index in [-0.39, 0.29) is 5.75 Å². The molecule has 0 radical (unpaired) electrons. The van der Waals surface area contributed by atoms with E-state index in [0.29, 0.717) is 31.7 Å². The van der Waals surface area contributed by atoms with Gasteiger partial charge in [-0.3, -0.25) is 0 Å². The van der Waals surface area contributed by atoms with E-state index >= 15 is 0 Å². The lowest BCUT2D eigenvalue weighted by atomic mass is 9.88. The first-order valence-corrected chi connectivity index (χ1v) is 7.94. The zero-order valence-corrected chi connectivity index (χ0v) is 12.8. The molecule has 1 fully saturated rings. The molecule has 0 bridgehead atoms. The van der Waals surface area contributed by atoms with E-state index in [1.807, 2.05) is 12.1 Å². The molecule has 1 aromatic rings. The van der Waals surface area contributed by atoms with Crippen LogP contribution in [0.1, 0.15) is 38.2 Å². The van der Waals surface area contributed by atoms with E-state index in [4.69, 9.17) is 4.74 Å². The lowest BCUT2D eigenvalue weighted by Crippen LogP contribution is -2.34. The Hall–Kier alpha value is -1.10. The first kappa shape index (κ1) is 16.3. The van der Waals surface area contributed by atoms with Crippen molar-refractivity contribution in [1.29, 1.82) is 0 Å². The van der Waals surface area contributed by atoms with Crippen LogP contribution >= 0.6 is 0 Å². The molecule has 0 aromatic heterocycles. The van der Waals surface area contributed by atoms with Gasteiger partial charge >= 0.3 is 0 Å². The van der Waals surface area contributed by atoms with Crippen LogP contribution < -0.4 is 5.32 Å². The van der Waals surface area contributed by atoms with Gasteiger partial charge in [0.1, 0.15) is 5.75 Å². The monoisotopic (exact) mass is 293 g/mol. The molecule has 1 saturated carbocycles. The van der Waals surface area contributed by atoms with Gasteiger partial charge in [-0.25, -0.2) is 0 Å². The van der Waals surface area contributed by atoms with E-state index < -0.39 is 6.10 Å². The highest BCUT2D eigenvalue weighted by molar-refractivity contribution is 5.31. The summed E-state index contributed by atoms with van der Waals surface area (Å²) in [6.07, 6.45) is 4.66. The quantitative estimate of drug-likeness (QED) is 0.722. The summed E-state index contributed by atoms with van der Waals surface area (Å²) >= 11 is 0. The number of para-hydroxylation sites is 1. The Bertz CT molecular complexity index is 424. The number of aliphatic hydroxyl groups is 1. The fraction of sp³-hybridized carbons (Fsp3) is 0.647. The maximum atomic E-state index is 9.96. The second-order valence-electron chi connectivity index (χ2n) is 6.05. The van der Waals surface area contributed by atoms with Crippen LogP contribution in [0.2, 0.25) is 0 Å². The number of benzene rings is 1. The van der Waals surface area contributed by atoms with Gasteiger partial charge < -0.3 is 20.3 Å². The van der Waals surface area contributed by atoms with E-state index in [9.17, 15) is 10.2 Å². The summed E-state index contributed by atoms with van der Waals surface area (Å²) in [4.78, 5) is 0. The molecular weight excluding hydrogens is 266 g/mol. The van der Waals surface area contributed by atoms with Gasteiger partial charge in [0.2, 0.25) is 0 Å². The van der Waals surface area contributed by atoms with E-state index in [1.165, 1.54) is 19.3 Å². The molecule has 21 heavy (non-hydrogen) atoms. The van der Waals surface area contributed by atoms with Crippen LogP contribution in [0.3, 0.4) is 0 Å². The van der Waals surface area contributed by atoms with Crippen molar-refractivity contribution >= 4 is 0 Å². The summed E-state index contributed by atoms with van der Waals surface area (Å²) in [6.45, 7) is 3.62. The molecule has 0 saturated heterocycles. The fourth-order valence-corrected chi connectivity index (χ4v) is 2.86. The number of aliphatic hydroxyl groups excluding tert-OH is 1. The highest BCUT2D eigenvalue weighted by Gasteiger charge is 2.22. The lowest BCUT2D eigenvalue weighted by Gasteiger charge is -2.29. The van der Waals surface area contributed by atoms with Gasteiger partial charge in [0.25, 0.3) is 0 Å². The van der Waals surface area contributed by atoms with Gasteiger partial charge in [0, 0.05) is 18.7 Å². The predicted octanol–water partition coefficient (Wildman–Crippen LogP) is 2.44.